The highest BCUT2D eigenvalue weighted by atomic mass is 16.5. The SMILES string of the molecule is COc1cc(C(=O)OCC(=O)c2cc(C)n(Cc3ccccc3)c2C)cc(OC)c1OC. The van der Waals surface area contributed by atoms with Gasteiger partial charge < -0.3 is 23.5 Å². The molecular formula is C25H27NO6. The van der Waals surface area contributed by atoms with Crippen molar-refractivity contribution in [2.45, 2.75) is 20.4 Å². The Kier molecular flexibility index (Phi) is 7.20. The molecule has 0 radical (unpaired) electrons. The summed E-state index contributed by atoms with van der Waals surface area (Å²) in [4.78, 5) is 25.4. The fourth-order valence-electron chi connectivity index (χ4n) is 3.58. The van der Waals surface area contributed by atoms with Crippen molar-refractivity contribution in [3.8, 4) is 17.2 Å². The van der Waals surface area contributed by atoms with Crippen molar-refractivity contribution in [3.63, 3.8) is 0 Å². The van der Waals surface area contributed by atoms with Gasteiger partial charge in [-0.3, -0.25) is 4.79 Å². The molecule has 0 saturated carbocycles. The molecule has 0 unspecified atom stereocenters. The number of rotatable bonds is 9. The number of carbonyl (C=O) groups excluding carboxylic acids is 2. The second-order valence-electron chi connectivity index (χ2n) is 7.27. The Morgan fingerprint density at radius 1 is 0.875 bits per heavy atom. The summed E-state index contributed by atoms with van der Waals surface area (Å²) >= 11 is 0. The van der Waals surface area contributed by atoms with E-state index >= 15 is 0 Å². The highest BCUT2D eigenvalue weighted by molar-refractivity contribution is 6.00. The fraction of sp³-hybridized carbons (Fsp3) is 0.280. The van der Waals surface area contributed by atoms with Gasteiger partial charge in [-0.25, -0.2) is 4.79 Å². The monoisotopic (exact) mass is 437 g/mol. The topological polar surface area (TPSA) is 76.0 Å². The summed E-state index contributed by atoms with van der Waals surface area (Å²) in [6.07, 6.45) is 0. The van der Waals surface area contributed by atoms with E-state index in [1.807, 2.05) is 50.2 Å². The number of ketones is 1. The maximum absolute atomic E-state index is 12.8. The molecule has 0 spiro atoms. The van der Waals surface area contributed by atoms with E-state index < -0.39 is 5.97 Å². The van der Waals surface area contributed by atoms with Gasteiger partial charge in [-0.05, 0) is 37.6 Å². The van der Waals surface area contributed by atoms with Crippen molar-refractivity contribution >= 4 is 11.8 Å². The summed E-state index contributed by atoms with van der Waals surface area (Å²) in [5, 5.41) is 0. The van der Waals surface area contributed by atoms with Crippen molar-refractivity contribution in [2.24, 2.45) is 0 Å². The predicted molar refractivity (Wildman–Crippen MR) is 120 cm³/mol. The first-order chi connectivity index (χ1) is 15.4. The molecule has 1 aromatic heterocycles. The van der Waals surface area contributed by atoms with Gasteiger partial charge in [-0.1, -0.05) is 30.3 Å². The van der Waals surface area contributed by atoms with Crippen LogP contribution in [0.15, 0.2) is 48.5 Å². The number of Topliss-reactive ketones (excluding diaryl/α,β-unsaturated/α-hetero) is 1. The van der Waals surface area contributed by atoms with E-state index in [1.54, 1.807) is 0 Å². The minimum atomic E-state index is -0.657. The van der Waals surface area contributed by atoms with Crippen LogP contribution in [0.3, 0.4) is 0 Å². The molecule has 0 saturated heterocycles. The van der Waals surface area contributed by atoms with Crippen LogP contribution >= 0.6 is 0 Å². The zero-order valence-electron chi connectivity index (χ0n) is 18.9. The lowest BCUT2D eigenvalue weighted by Gasteiger charge is -2.13. The molecule has 0 bridgehead atoms. The third-order valence-electron chi connectivity index (χ3n) is 5.29. The molecule has 32 heavy (non-hydrogen) atoms. The van der Waals surface area contributed by atoms with E-state index in [2.05, 4.69) is 4.57 Å². The van der Waals surface area contributed by atoms with Gasteiger partial charge in [0.2, 0.25) is 11.5 Å². The lowest BCUT2D eigenvalue weighted by Crippen LogP contribution is -2.15. The average molecular weight is 437 g/mol. The van der Waals surface area contributed by atoms with Crippen LogP contribution in [0.25, 0.3) is 0 Å². The van der Waals surface area contributed by atoms with Crippen molar-refractivity contribution < 1.29 is 28.5 Å². The minimum absolute atomic E-state index is 0.196. The van der Waals surface area contributed by atoms with Crippen LogP contribution < -0.4 is 14.2 Å². The molecule has 3 rings (SSSR count). The summed E-state index contributed by atoms with van der Waals surface area (Å²) in [6.45, 7) is 4.14. The Morgan fingerprint density at radius 3 is 2.06 bits per heavy atom. The van der Waals surface area contributed by atoms with E-state index in [9.17, 15) is 9.59 Å². The van der Waals surface area contributed by atoms with Crippen molar-refractivity contribution in [1.29, 1.82) is 0 Å². The van der Waals surface area contributed by atoms with Gasteiger partial charge in [0.05, 0.1) is 26.9 Å². The van der Waals surface area contributed by atoms with Gasteiger partial charge in [0.15, 0.2) is 18.1 Å². The molecule has 0 aliphatic carbocycles. The summed E-state index contributed by atoms with van der Waals surface area (Å²) in [5.74, 6) is 0.103. The number of nitrogens with zero attached hydrogens (tertiary/aromatic N) is 1. The van der Waals surface area contributed by atoms with Crippen molar-refractivity contribution in [2.75, 3.05) is 27.9 Å². The van der Waals surface area contributed by atoms with Gasteiger partial charge in [-0.15, -0.1) is 0 Å². The largest absolute Gasteiger partial charge is 0.493 e. The Morgan fingerprint density at radius 2 is 1.50 bits per heavy atom. The van der Waals surface area contributed by atoms with Gasteiger partial charge in [0, 0.05) is 23.5 Å². The number of ether oxygens (including phenoxy) is 4. The molecule has 0 amide bonds. The number of esters is 1. The highest BCUT2D eigenvalue weighted by Crippen LogP contribution is 2.38. The average Bonchev–Trinajstić information content (AvgIpc) is 3.10. The highest BCUT2D eigenvalue weighted by Gasteiger charge is 2.21. The normalized spacial score (nSPS) is 10.5. The van der Waals surface area contributed by atoms with E-state index in [0.717, 1.165) is 17.0 Å². The molecule has 1 heterocycles. The summed E-state index contributed by atoms with van der Waals surface area (Å²) < 4.78 is 23.1. The Balaban J connectivity index is 1.73. The molecule has 0 aliphatic rings. The molecule has 168 valence electrons. The van der Waals surface area contributed by atoms with E-state index in [4.69, 9.17) is 18.9 Å². The summed E-state index contributed by atoms with van der Waals surface area (Å²) in [5.41, 5.74) is 3.67. The molecule has 0 N–H and O–H groups in total. The molecule has 0 aliphatic heterocycles. The molecule has 7 nitrogen and oxygen atoms in total. The minimum Gasteiger partial charge on any atom is -0.493 e. The van der Waals surface area contributed by atoms with Crippen LogP contribution in [0.5, 0.6) is 17.2 Å². The number of benzene rings is 2. The van der Waals surface area contributed by atoms with Crippen molar-refractivity contribution in [3.05, 3.63) is 76.6 Å². The number of hydrogen-bond acceptors (Lipinski definition) is 6. The predicted octanol–water partition coefficient (Wildman–Crippen LogP) is 4.22. The van der Waals surface area contributed by atoms with Crippen LogP contribution in [0.2, 0.25) is 0 Å². The maximum atomic E-state index is 12.8. The smallest absolute Gasteiger partial charge is 0.338 e. The van der Waals surface area contributed by atoms with Gasteiger partial charge in [0.1, 0.15) is 0 Å². The second kappa shape index (κ2) is 10.0. The Hall–Kier alpha value is -3.74. The molecule has 3 aromatic rings. The van der Waals surface area contributed by atoms with Crippen molar-refractivity contribution in [1.82, 2.24) is 4.57 Å². The van der Waals surface area contributed by atoms with Gasteiger partial charge >= 0.3 is 5.97 Å². The van der Waals surface area contributed by atoms with Gasteiger partial charge in [-0.2, -0.15) is 0 Å². The molecule has 2 aromatic carbocycles. The first-order valence-electron chi connectivity index (χ1n) is 10.1. The zero-order valence-corrected chi connectivity index (χ0v) is 18.9. The third kappa shape index (κ3) is 4.77. The standard InChI is InChI=1S/C25H27NO6/c1-16-11-20(17(2)26(16)14-18-9-7-6-8-10-18)21(27)15-32-25(28)19-12-22(29-3)24(31-5)23(13-19)30-4/h6-13H,14-15H2,1-5H3. The zero-order chi connectivity index (χ0) is 23.3. The molecule has 0 atom stereocenters. The summed E-state index contributed by atoms with van der Waals surface area (Å²) in [6, 6.07) is 14.8. The first kappa shape index (κ1) is 22.9. The first-order valence-corrected chi connectivity index (χ1v) is 10.1. The molecule has 0 fully saturated rings. The number of aryl methyl sites for hydroxylation is 1. The van der Waals surface area contributed by atoms with Crippen LogP contribution in [0.4, 0.5) is 0 Å². The fourth-order valence-corrected chi connectivity index (χ4v) is 3.58. The maximum Gasteiger partial charge on any atom is 0.338 e. The molecule has 7 heteroatoms. The summed E-state index contributed by atoms with van der Waals surface area (Å²) in [7, 11) is 4.40. The number of hydrogen-bond donors (Lipinski definition) is 0. The van der Waals surface area contributed by atoms with Crippen LogP contribution in [0, 0.1) is 13.8 Å². The quantitative estimate of drug-likeness (QED) is 0.369. The Labute approximate surface area is 187 Å². The van der Waals surface area contributed by atoms with Crippen LogP contribution in [-0.2, 0) is 11.3 Å². The number of methoxy groups -OCH3 is 3. The van der Waals surface area contributed by atoms with E-state index in [1.165, 1.54) is 33.5 Å². The van der Waals surface area contributed by atoms with Crippen LogP contribution in [-0.4, -0.2) is 44.3 Å². The number of aromatic nitrogens is 1. The number of carbonyl (C=O) groups is 2. The lowest BCUT2D eigenvalue weighted by molar-refractivity contribution is 0.0474. The second-order valence-corrected chi connectivity index (χ2v) is 7.27. The van der Waals surface area contributed by atoms with E-state index in [-0.39, 0.29) is 18.0 Å². The van der Waals surface area contributed by atoms with E-state index in [0.29, 0.717) is 29.4 Å². The van der Waals surface area contributed by atoms with Gasteiger partial charge in [0.25, 0.3) is 0 Å². The third-order valence-corrected chi connectivity index (χ3v) is 5.29. The van der Waals surface area contributed by atoms with Crippen LogP contribution in [0.1, 0.15) is 37.7 Å². The molecular weight excluding hydrogens is 410 g/mol. The Bertz CT molecular complexity index is 1090. The lowest BCUT2D eigenvalue weighted by atomic mass is 10.1.